The van der Waals surface area contributed by atoms with Gasteiger partial charge in [-0.3, -0.25) is 14.5 Å². The molecule has 1 aliphatic heterocycles. The highest BCUT2D eigenvalue weighted by Crippen LogP contribution is 2.36. The lowest BCUT2D eigenvalue weighted by molar-refractivity contribution is -0.128. The first kappa shape index (κ1) is 23.7. The van der Waals surface area contributed by atoms with Crippen molar-refractivity contribution in [2.24, 2.45) is 4.99 Å². The number of ether oxygens (including phenoxy) is 3. The highest BCUT2D eigenvalue weighted by atomic mass is 35.5. The van der Waals surface area contributed by atoms with Crippen LogP contribution in [-0.2, 0) is 9.59 Å². The summed E-state index contributed by atoms with van der Waals surface area (Å²) in [6, 6.07) is 10.2. The van der Waals surface area contributed by atoms with Crippen LogP contribution in [0.15, 0.2) is 41.4 Å². The zero-order valence-corrected chi connectivity index (χ0v) is 19.7. The van der Waals surface area contributed by atoms with E-state index >= 15 is 0 Å². The van der Waals surface area contributed by atoms with E-state index in [-0.39, 0.29) is 18.2 Å². The topological polar surface area (TPSA) is 89.5 Å². The van der Waals surface area contributed by atoms with Gasteiger partial charge in [-0.2, -0.15) is 0 Å². The van der Waals surface area contributed by atoms with Gasteiger partial charge in [-0.1, -0.05) is 23.4 Å². The van der Waals surface area contributed by atoms with Gasteiger partial charge in [-0.15, -0.1) is 0 Å². The van der Waals surface area contributed by atoms with Crippen LogP contribution in [0.2, 0.25) is 5.02 Å². The maximum absolute atomic E-state index is 12.9. The molecule has 2 amide bonds. The third-order valence-corrected chi connectivity index (χ3v) is 6.16. The molecule has 1 aliphatic rings. The number of halogens is 1. The molecule has 8 nitrogen and oxygen atoms in total. The van der Waals surface area contributed by atoms with Crippen LogP contribution in [0.5, 0.6) is 17.2 Å². The van der Waals surface area contributed by atoms with Crippen molar-refractivity contribution < 1.29 is 23.8 Å². The average molecular weight is 478 g/mol. The van der Waals surface area contributed by atoms with Crippen molar-refractivity contribution in [2.75, 3.05) is 33.2 Å². The third kappa shape index (κ3) is 5.28. The zero-order chi connectivity index (χ0) is 23.3. The SMILES string of the molecule is CCN1C(=O)[C@@H](CC(=O)Nc2cc(Cl)ccc2OC)SC1=Nc1ccc(OC)cc1OC. The van der Waals surface area contributed by atoms with Crippen LogP contribution < -0.4 is 19.5 Å². The van der Waals surface area contributed by atoms with Crippen molar-refractivity contribution in [3.63, 3.8) is 0 Å². The molecular weight excluding hydrogens is 454 g/mol. The summed E-state index contributed by atoms with van der Waals surface area (Å²) in [6.45, 7) is 2.29. The fraction of sp³-hybridized carbons (Fsp3) is 0.318. The van der Waals surface area contributed by atoms with Crippen LogP contribution in [0.25, 0.3) is 0 Å². The van der Waals surface area contributed by atoms with Crippen LogP contribution in [0.3, 0.4) is 0 Å². The number of methoxy groups -OCH3 is 3. The van der Waals surface area contributed by atoms with Gasteiger partial charge < -0.3 is 19.5 Å². The largest absolute Gasteiger partial charge is 0.497 e. The number of benzene rings is 2. The molecule has 0 spiro atoms. The van der Waals surface area contributed by atoms with Crippen LogP contribution in [0, 0.1) is 0 Å². The number of hydrogen-bond acceptors (Lipinski definition) is 7. The summed E-state index contributed by atoms with van der Waals surface area (Å²) in [5.74, 6) is 1.15. The summed E-state index contributed by atoms with van der Waals surface area (Å²) in [5.41, 5.74) is 1.01. The molecule has 1 saturated heterocycles. The highest BCUT2D eigenvalue weighted by Gasteiger charge is 2.38. The average Bonchev–Trinajstić information content (AvgIpc) is 3.07. The fourth-order valence-electron chi connectivity index (χ4n) is 3.14. The Kier molecular flexibility index (Phi) is 7.87. The van der Waals surface area contributed by atoms with E-state index in [1.54, 1.807) is 55.5 Å². The molecule has 0 aromatic heterocycles. The van der Waals surface area contributed by atoms with Crippen LogP contribution >= 0.6 is 23.4 Å². The number of aliphatic imine (C=N–C) groups is 1. The quantitative estimate of drug-likeness (QED) is 0.608. The molecule has 1 fully saturated rings. The number of nitrogens with zero attached hydrogens (tertiary/aromatic N) is 2. The van der Waals surface area contributed by atoms with Crippen molar-refractivity contribution in [1.29, 1.82) is 0 Å². The zero-order valence-electron chi connectivity index (χ0n) is 18.2. The van der Waals surface area contributed by atoms with E-state index in [1.807, 2.05) is 6.92 Å². The minimum atomic E-state index is -0.594. The van der Waals surface area contributed by atoms with Gasteiger partial charge in [0.1, 0.15) is 28.2 Å². The van der Waals surface area contributed by atoms with Gasteiger partial charge in [0, 0.05) is 24.1 Å². The van der Waals surface area contributed by atoms with Crippen molar-refractivity contribution in [1.82, 2.24) is 4.90 Å². The molecular formula is C22H24ClN3O5S. The maximum Gasteiger partial charge on any atom is 0.242 e. The molecule has 0 bridgehead atoms. The van der Waals surface area contributed by atoms with Gasteiger partial charge >= 0.3 is 0 Å². The molecule has 10 heteroatoms. The molecule has 32 heavy (non-hydrogen) atoms. The Morgan fingerprint density at radius 2 is 1.88 bits per heavy atom. The molecule has 1 heterocycles. The number of amidine groups is 1. The second-order valence-electron chi connectivity index (χ2n) is 6.72. The number of hydrogen-bond donors (Lipinski definition) is 1. The molecule has 3 rings (SSSR count). The van der Waals surface area contributed by atoms with E-state index in [1.165, 1.54) is 18.9 Å². The number of rotatable bonds is 8. The lowest BCUT2D eigenvalue weighted by Gasteiger charge is -2.14. The Balaban J connectivity index is 1.78. The lowest BCUT2D eigenvalue weighted by Crippen LogP contribution is -2.33. The summed E-state index contributed by atoms with van der Waals surface area (Å²) in [4.78, 5) is 31.7. The van der Waals surface area contributed by atoms with E-state index in [2.05, 4.69) is 10.3 Å². The smallest absolute Gasteiger partial charge is 0.242 e. The standard InChI is InChI=1S/C22H24ClN3O5S/c1-5-26-21(28)19(12-20(27)24-16-10-13(23)6-9-17(16)30-3)32-22(26)25-15-8-7-14(29-2)11-18(15)31-4/h6-11,19H,5,12H2,1-4H3,(H,24,27)/t19-/m1/s1. The Hall–Kier alpha value is -2.91. The summed E-state index contributed by atoms with van der Waals surface area (Å²) < 4.78 is 15.9. The molecule has 0 unspecified atom stereocenters. The Labute approximate surface area is 195 Å². The van der Waals surface area contributed by atoms with E-state index in [4.69, 9.17) is 25.8 Å². The summed E-state index contributed by atoms with van der Waals surface area (Å²) in [7, 11) is 4.62. The fourth-order valence-corrected chi connectivity index (χ4v) is 4.53. The maximum atomic E-state index is 12.9. The van der Waals surface area contributed by atoms with E-state index < -0.39 is 5.25 Å². The molecule has 0 radical (unpaired) electrons. The third-order valence-electron chi connectivity index (χ3n) is 4.75. The summed E-state index contributed by atoms with van der Waals surface area (Å²) in [6.07, 6.45) is -0.0194. The summed E-state index contributed by atoms with van der Waals surface area (Å²) in [5, 5.41) is 3.16. The number of carbonyl (C=O) groups excluding carboxylic acids is 2. The predicted octanol–water partition coefficient (Wildman–Crippen LogP) is 4.35. The normalized spacial score (nSPS) is 16.9. The first-order chi connectivity index (χ1) is 15.4. The number of thioether (sulfide) groups is 1. The minimum absolute atomic E-state index is 0.0194. The van der Waals surface area contributed by atoms with Crippen molar-refractivity contribution in [3.8, 4) is 17.2 Å². The molecule has 2 aromatic rings. The van der Waals surface area contributed by atoms with E-state index in [9.17, 15) is 9.59 Å². The predicted molar refractivity (Wildman–Crippen MR) is 127 cm³/mol. The number of anilines is 1. The molecule has 0 aliphatic carbocycles. The highest BCUT2D eigenvalue weighted by molar-refractivity contribution is 8.15. The van der Waals surface area contributed by atoms with Crippen molar-refractivity contribution >= 4 is 51.7 Å². The van der Waals surface area contributed by atoms with Crippen molar-refractivity contribution in [3.05, 3.63) is 41.4 Å². The second kappa shape index (κ2) is 10.6. The van der Waals surface area contributed by atoms with E-state index in [0.717, 1.165) is 0 Å². The van der Waals surface area contributed by atoms with Gasteiger partial charge in [-0.05, 0) is 37.3 Å². The lowest BCUT2D eigenvalue weighted by atomic mass is 10.2. The van der Waals surface area contributed by atoms with Crippen LogP contribution in [0.4, 0.5) is 11.4 Å². The van der Waals surface area contributed by atoms with Gasteiger partial charge in [0.25, 0.3) is 0 Å². The second-order valence-corrected chi connectivity index (χ2v) is 8.32. The van der Waals surface area contributed by atoms with Crippen LogP contribution in [-0.4, -0.2) is 55.0 Å². The first-order valence-electron chi connectivity index (χ1n) is 9.82. The molecule has 1 N–H and O–H groups in total. The molecule has 1 atom stereocenters. The molecule has 170 valence electrons. The summed E-state index contributed by atoms with van der Waals surface area (Å²) >= 11 is 7.27. The Morgan fingerprint density at radius 3 is 2.53 bits per heavy atom. The number of nitrogens with one attached hydrogen (secondary N) is 1. The van der Waals surface area contributed by atoms with Crippen molar-refractivity contribution in [2.45, 2.75) is 18.6 Å². The van der Waals surface area contributed by atoms with Gasteiger partial charge in [-0.25, -0.2) is 4.99 Å². The van der Waals surface area contributed by atoms with E-state index in [0.29, 0.717) is 45.4 Å². The molecule has 0 saturated carbocycles. The van der Waals surface area contributed by atoms with Gasteiger partial charge in [0.2, 0.25) is 11.8 Å². The Bertz CT molecular complexity index is 1050. The van der Waals surface area contributed by atoms with Crippen LogP contribution in [0.1, 0.15) is 13.3 Å². The van der Waals surface area contributed by atoms with Gasteiger partial charge in [0.05, 0.1) is 27.0 Å². The molecule has 2 aromatic carbocycles. The first-order valence-corrected chi connectivity index (χ1v) is 11.1. The monoisotopic (exact) mass is 477 g/mol. The number of amides is 2. The minimum Gasteiger partial charge on any atom is -0.497 e. The Morgan fingerprint density at radius 1 is 1.12 bits per heavy atom. The number of carbonyl (C=O) groups is 2. The van der Waals surface area contributed by atoms with Gasteiger partial charge in [0.15, 0.2) is 5.17 Å².